The van der Waals surface area contributed by atoms with E-state index in [2.05, 4.69) is 25.6 Å². The van der Waals surface area contributed by atoms with E-state index >= 15 is 0 Å². The van der Waals surface area contributed by atoms with Gasteiger partial charge in [-0.2, -0.15) is 4.98 Å². The highest BCUT2D eigenvalue weighted by Gasteiger charge is 2.12. The van der Waals surface area contributed by atoms with Gasteiger partial charge in [0, 0.05) is 17.8 Å². The van der Waals surface area contributed by atoms with Crippen molar-refractivity contribution in [1.29, 1.82) is 0 Å². The summed E-state index contributed by atoms with van der Waals surface area (Å²) < 4.78 is 28.1. The zero-order valence-corrected chi connectivity index (χ0v) is 15.3. The second-order valence-electron chi connectivity index (χ2n) is 6.22. The fourth-order valence-corrected chi connectivity index (χ4v) is 2.76. The standard InChI is InChI=1S/C22H17F2N5/c23-17-10-6-11-18(24)21(17)28-20-13-19(15-7-2-1-3-8-15)27-22(29-20)26-14-16-9-4-5-12-25-16/h1-13H,14H2,(H2,26,27,28,29). The van der Waals surface area contributed by atoms with Gasteiger partial charge in [0.05, 0.1) is 17.9 Å². The van der Waals surface area contributed by atoms with Crippen LogP contribution in [0.5, 0.6) is 0 Å². The van der Waals surface area contributed by atoms with Gasteiger partial charge in [-0.1, -0.05) is 42.5 Å². The van der Waals surface area contributed by atoms with Crippen molar-refractivity contribution in [3.63, 3.8) is 0 Å². The largest absolute Gasteiger partial charge is 0.348 e. The summed E-state index contributed by atoms with van der Waals surface area (Å²) in [7, 11) is 0. The molecular weight excluding hydrogens is 372 g/mol. The zero-order valence-electron chi connectivity index (χ0n) is 15.3. The van der Waals surface area contributed by atoms with Crippen LogP contribution < -0.4 is 10.6 Å². The average molecular weight is 389 g/mol. The van der Waals surface area contributed by atoms with Crippen LogP contribution in [-0.2, 0) is 6.54 Å². The molecule has 0 saturated carbocycles. The van der Waals surface area contributed by atoms with Crippen molar-refractivity contribution in [2.75, 3.05) is 10.6 Å². The Kier molecular flexibility index (Phi) is 5.38. The molecule has 0 aliphatic rings. The minimum absolute atomic E-state index is 0.263. The molecule has 0 radical (unpaired) electrons. The van der Waals surface area contributed by atoms with Crippen molar-refractivity contribution < 1.29 is 8.78 Å². The Bertz CT molecular complexity index is 1080. The van der Waals surface area contributed by atoms with Crippen molar-refractivity contribution in [2.24, 2.45) is 0 Å². The summed E-state index contributed by atoms with van der Waals surface area (Å²) in [6.45, 7) is 0.409. The molecule has 0 saturated heterocycles. The lowest BCUT2D eigenvalue weighted by Gasteiger charge is -2.12. The molecule has 4 aromatic rings. The van der Waals surface area contributed by atoms with Gasteiger partial charge in [-0.15, -0.1) is 0 Å². The van der Waals surface area contributed by atoms with Crippen LogP contribution in [0.25, 0.3) is 11.3 Å². The monoisotopic (exact) mass is 389 g/mol. The first kappa shape index (κ1) is 18.5. The average Bonchev–Trinajstić information content (AvgIpc) is 2.76. The van der Waals surface area contributed by atoms with Crippen LogP contribution >= 0.6 is 0 Å². The van der Waals surface area contributed by atoms with E-state index in [9.17, 15) is 8.78 Å². The van der Waals surface area contributed by atoms with E-state index in [1.54, 1.807) is 12.3 Å². The van der Waals surface area contributed by atoms with Gasteiger partial charge in [0.1, 0.15) is 23.1 Å². The smallest absolute Gasteiger partial charge is 0.225 e. The summed E-state index contributed by atoms with van der Waals surface area (Å²) in [6.07, 6.45) is 1.70. The molecule has 2 aromatic heterocycles. The maximum absolute atomic E-state index is 14.1. The number of para-hydroxylation sites is 1. The minimum atomic E-state index is -0.701. The van der Waals surface area contributed by atoms with Gasteiger partial charge in [0.25, 0.3) is 0 Å². The molecule has 0 aliphatic heterocycles. The number of hydrogen-bond donors (Lipinski definition) is 2. The number of hydrogen-bond acceptors (Lipinski definition) is 5. The minimum Gasteiger partial charge on any atom is -0.348 e. The molecule has 0 aliphatic carbocycles. The lowest BCUT2D eigenvalue weighted by molar-refractivity contribution is 0.590. The van der Waals surface area contributed by atoms with Gasteiger partial charge in [-0.05, 0) is 24.3 Å². The number of aromatic nitrogens is 3. The molecule has 0 unspecified atom stereocenters. The van der Waals surface area contributed by atoms with Gasteiger partial charge in [0.15, 0.2) is 0 Å². The number of rotatable bonds is 6. The Hall–Kier alpha value is -3.87. The normalized spacial score (nSPS) is 10.6. The van der Waals surface area contributed by atoms with Crippen LogP contribution in [0, 0.1) is 11.6 Å². The molecule has 5 nitrogen and oxygen atoms in total. The molecule has 2 N–H and O–H groups in total. The molecule has 144 valence electrons. The molecule has 7 heteroatoms. The first-order chi connectivity index (χ1) is 14.2. The predicted octanol–water partition coefficient (Wildman–Crippen LogP) is 5.17. The molecular formula is C22H17F2N5. The summed E-state index contributed by atoms with van der Waals surface area (Å²) in [6, 6.07) is 20.4. The summed E-state index contributed by atoms with van der Waals surface area (Å²) >= 11 is 0. The van der Waals surface area contributed by atoms with Crippen molar-refractivity contribution >= 4 is 17.5 Å². The number of halogens is 2. The van der Waals surface area contributed by atoms with Crippen molar-refractivity contribution in [2.45, 2.75) is 6.54 Å². The van der Waals surface area contributed by atoms with Crippen LogP contribution in [0.2, 0.25) is 0 Å². The highest BCUT2D eigenvalue weighted by molar-refractivity contribution is 5.67. The van der Waals surface area contributed by atoms with E-state index < -0.39 is 11.6 Å². The van der Waals surface area contributed by atoms with Crippen LogP contribution in [0.1, 0.15) is 5.69 Å². The quantitative estimate of drug-likeness (QED) is 0.476. The number of anilines is 3. The maximum atomic E-state index is 14.1. The van der Waals surface area contributed by atoms with Gasteiger partial charge < -0.3 is 10.6 Å². The van der Waals surface area contributed by atoms with E-state index in [0.29, 0.717) is 18.2 Å². The third kappa shape index (κ3) is 4.52. The molecule has 0 spiro atoms. The van der Waals surface area contributed by atoms with Crippen LogP contribution in [0.3, 0.4) is 0 Å². The topological polar surface area (TPSA) is 62.7 Å². The Morgan fingerprint density at radius 3 is 2.28 bits per heavy atom. The Balaban J connectivity index is 1.68. The van der Waals surface area contributed by atoms with Crippen LogP contribution in [0.15, 0.2) is 79.0 Å². The van der Waals surface area contributed by atoms with Gasteiger partial charge >= 0.3 is 0 Å². The summed E-state index contributed by atoms with van der Waals surface area (Å²) in [5.74, 6) is -0.816. The molecule has 4 rings (SSSR count). The third-order valence-corrected chi connectivity index (χ3v) is 4.17. The van der Waals surface area contributed by atoms with E-state index in [1.807, 2.05) is 48.5 Å². The molecule has 0 amide bonds. The SMILES string of the molecule is Fc1cccc(F)c1Nc1cc(-c2ccccc2)nc(NCc2ccccn2)n1. The van der Waals surface area contributed by atoms with Gasteiger partial charge in [-0.25, -0.2) is 13.8 Å². The number of benzene rings is 2. The number of pyridine rings is 1. The summed E-state index contributed by atoms with van der Waals surface area (Å²) in [5.41, 5.74) is 2.02. The molecule has 0 fully saturated rings. The van der Waals surface area contributed by atoms with E-state index in [-0.39, 0.29) is 11.5 Å². The highest BCUT2D eigenvalue weighted by atomic mass is 19.1. The Labute approximate surface area is 166 Å². The Morgan fingerprint density at radius 2 is 1.55 bits per heavy atom. The molecule has 2 aromatic carbocycles. The second kappa shape index (κ2) is 8.43. The molecule has 0 bridgehead atoms. The van der Waals surface area contributed by atoms with Gasteiger partial charge in [0.2, 0.25) is 5.95 Å². The third-order valence-electron chi connectivity index (χ3n) is 4.17. The predicted molar refractivity (Wildman–Crippen MR) is 109 cm³/mol. The lowest BCUT2D eigenvalue weighted by Crippen LogP contribution is -2.08. The highest BCUT2D eigenvalue weighted by Crippen LogP contribution is 2.26. The van der Waals surface area contributed by atoms with Crippen molar-refractivity contribution in [1.82, 2.24) is 15.0 Å². The first-order valence-electron chi connectivity index (χ1n) is 8.98. The second-order valence-corrected chi connectivity index (χ2v) is 6.22. The van der Waals surface area contributed by atoms with Gasteiger partial charge in [-0.3, -0.25) is 4.98 Å². The number of nitrogens with zero attached hydrogens (tertiary/aromatic N) is 3. The molecule has 0 atom stereocenters. The summed E-state index contributed by atoms with van der Waals surface area (Å²) in [5, 5.41) is 5.85. The van der Waals surface area contributed by atoms with E-state index in [4.69, 9.17) is 0 Å². The fourth-order valence-electron chi connectivity index (χ4n) is 2.76. The molecule has 29 heavy (non-hydrogen) atoms. The van der Waals surface area contributed by atoms with Crippen LogP contribution in [-0.4, -0.2) is 15.0 Å². The van der Waals surface area contributed by atoms with Crippen LogP contribution in [0.4, 0.5) is 26.2 Å². The lowest BCUT2D eigenvalue weighted by atomic mass is 10.1. The fraction of sp³-hybridized carbons (Fsp3) is 0.0455. The zero-order chi connectivity index (χ0) is 20.1. The van der Waals surface area contributed by atoms with E-state index in [1.165, 1.54) is 18.2 Å². The van der Waals surface area contributed by atoms with Crippen molar-refractivity contribution in [3.8, 4) is 11.3 Å². The Morgan fingerprint density at radius 1 is 0.793 bits per heavy atom. The molecule has 2 heterocycles. The summed E-state index contributed by atoms with van der Waals surface area (Å²) in [4.78, 5) is 13.1. The number of nitrogens with one attached hydrogen (secondary N) is 2. The first-order valence-corrected chi connectivity index (χ1v) is 8.98. The van der Waals surface area contributed by atoms with E-state index in [0.717, 1.165) is 11.3 Å². The van der Waals surface area contributed by atoms with Crippen molar-refractivity contribution in [3.05, 3.63) is 96.3 Å². The maximum Gasteiger partial charge on any atom is 0.225 e.